The Bertz CT molecular complexity index is 698. The number of hydrogen-bond acceptors (Lipinski definition) is 1. The number of aromatic nitrogens is 1. The van der Waals surface area contributed by atoms with E-state index in [0.717, 1.165) is 16.4 Å². The van der Waals surface area contributed by atoms with Crippen molar-refractivity contribution in [1.82, 2.24) is 0 Å². The van der Waals surface area contributed by atoms with Gasteiger partial charge in [0, 0.05) is 29.6 Å². The van der Waals surface area contributed by atoms with E-state index in [1.165, 1.54) is 6.38 Å². The van der Waals surface area contributed by atoms with E-state index < -0.39 is 0 Å². The molecule has 3 aromatic rings. The monoisotopic (exact) mass is 280 g/mol. The molecule has 0 amide bonds. The average Bonchev–Trinajstić information content (AvgIpc) is 2.41. The Balaban J connectivity index is 0.000000574. The molecule has 1 aromatic carbocycles. The summed E-state index contributed by atoms with van der Waals surface area (Å²) in [6.07, 6.45) is 3.42. The first-order valence-corrected chi connectivity index (χ1v) is 6.48. The van der Waals surface area contributed by atoms with Gasteiger partial charge in [0.1, 0.15) is 5.75 Å². The summed E-state index contributed by atoms with van der Waals surface area (Å²) < 4.78 is 2.00. The largest absolute Gasteiger partial charge is 0.507 e. The Hall–Kier alpha value is -1.51. The zero-order valence-corrected chi connectivity index (χ0v) is 11.3. The molecular weight excluding hydrogens is 269 g/mol. The summed E-state index contributed by atoms with van der Waals surface area (Å²) >= 11 is 10.6. The summed E-state index contributed by atoms with van der Waals surface area (Å²) in [5.41, 5.74) is 1.85. The maximum absolute atomic E-state index is 9.90. The van der Waals surface area contributed by atoms with Crippen molar-refractivity contribution in [3.05, 3.63) is 53.7 Å². The van der Waals surface area contributed by atoms with Gasteiger partial charge >= 0.3 is 0 Å². The van der Waals surface area contributed by atoms with Gasteiger partial charge in [-0.3, -0.25) is 0 Å². The Morgan fingerprint density at radius 3 is 2.61 bits per heavy atom. The Kier molecular flexibility index (Phi) is 3.90. The van der Waals surface area contributed by atoms with E-state index in [4.69, 9.17) is 11.6 Å². The summed E-state index contributed by atoms with van der Waals surface area (Å²) in [4.78, 5) is 0. The van der Waals surface area contributed by atoms with Gasteiger partial charge in [-0.1, -0.05) is 11.6 Å². The van der Waals surface area contributed by atoms with E-state index in [2.05, 4.69) is 11.6 Å². The predicted octanol–water partition coefficient (Wildman–Crippen LogP) is 3.79. The van der Waals surface area contributed by atoms with Crippen LogP contribution in [-0.4, -0.2) is 11.5 Å². The average molecular weight is 281 g/mol. The topological polar surface area (TPSA) is 24.3 Å². The van der Waals surface area contributed by atoms with Gasteiger partial charge in [0.15, 0.2) is 6.20 Å². The molecule has 0 saturated carbocycles. The molecular formula is C14H12Cl2NO+. The van der Waals surface area contributed by atoms with Crippen molar-refractivity contribution >= 4 is 39.6 Å². The van der Waals surface area contributed by atoms with E-state index in [-0.39, 0.29) is 5.75 Å². The van der Waals surface area contributed by atoms with Crippen molar-refractivity contribution in [2.75, 3.05) is 6.38 Å². The molecule has 0 atom stereocenters. The van der Waals surface area contributed by atoms with Crippen LogP contribution in [0.2, 0.25) is 5.02 Å². The van der Waals surface area contributed by atoms with Crippen LogP contribution < -0.4 is 4.40 Å². The van der Waals surface area contributed by atoms with Crippen LogP contribution in [0.4, 0.5) is 0 Å². The Morgan fingerprint density at radius 1 is 1.06 bits per heavy atom. The number of aromatic hydroxyl groups is 1. The van der Waals surface area contributed by atoms with E-state index in [1.807, 2.05) is 40.9 Å². The van der Waals surface area contributed by atoms with Crippen molar-refractivity contribution in [3.63, 3.8) is 0 Å². The van der Waals surface area contributed by atoms with Crippen LogP contribution in [0.25, 0.3) is 16.4 Å². The van der Waals surface area contributed by atoms with Crippen LogP contribution in [0.3, 0.4) is 0 Å². The van der Waals surface area contributed by atoms with Crippen molar-refractivity contribution < 1.29 is 9.51 Å². The lowest BCUT2D eigenvalue weighted by atomic mass is 10.2. The first-order valence-electron chi connectivity index (χ1n) is 5.35. The number of pyridine rings is 2. The molecule has 3 rings (SSSR count). The highest BCUT2D eigenvalue weighted by atomic mass is 35.5. The standard InChI is InChI=1S/C13H8ClNO.CH3Cl/c14-9-4-5-11-12(7-9)15-6-2-1-3-10(15)8-13(11)16;1-2/h1-8H;1H3/p+1. The van der Waals surface area contributed by atoms with E-state index in [9.17, 15) is 5.11 Å². The third-order valence-corrected chi connectivity index (χ3v) is 2.91. The molecule has 0 saturated heterocycles. The molecule has 18 heavy (non-hydrogen) atoms. The number of benzene rings is 1. The molecule has 0 spiro atoms. The molecule has 0 radical (unpaired) electrons. The number of nitrogens with zero attached hydrogens (tertiary/aromatic N) is 1. The fourth-order valence-corrected chi connectivity index (χ4v) is 2.10. The first-order chi connectivity index (χ1) is 8.75. The number of fused-ring (bicyclic) bond motifs is 3. The summed E-state index contributed by atoms with van der Waals surface area (Å²) in [7, 11) is 0. The van der Waals surface area contributed by atoms with E-state index >= 15 is 0 Å². The van der Waals surface area contributed by atoms with E-state index in [0.29, 0.717) is 5.02 Å². The third-order valence-electron chi connectivity index (χ3n) is 2.67. The summed E-state index contributed by atoms with van der Waals surface area (Å²) in [5.74, 6) is 0.276. The Labute approximate surface area is 115 Å². The zero-order valence-electron chi connectivity index (χ0n) is 9.77. The third kappa shape index (κ3) is 2.22. The normalized spacial score (nSPS) is 10.2. The van der Waals surface area contributed by atoms with Gasteiger partial charge in [-0.2, -0.15) is 4.40 Å². The first kappa shape index (κ1) is 12.9. The highest BCUT2D eigenvalue weighted by Gasteiger charge is 2.12. The van der Waals surface area contributed by atoms with Crippen molar-refractivity contribution in [1.29, 1.82) is 0 Å². The van der Waals surface area contributed by atoms with Gasteiger partial charge in [0.2, 0.25) is 11.0 Å². The molecule has 2 aromatic heterocycles. The fourth-order valence-electron chi connectivity index (χ4n) is 1.93. The lowest BCUT2D eigenvalue weighted by Crippen LogP contribution is -2.21. The quantitative estimate of drug-likeness (QED) is 0.378. The summed E-state index contributed by atoms with van der Waals surface area (Å²) in [6.45, 7) is 0. The van der Waals surface area contributed by atoms with Crippen LogP contribution in [0, 0.1) is 0 Å². The number of hydrogen-bond donors (Lipinski definition) is 1. The highest BCUT2D eigenvalue weighted by Crippen LogP contribution is 2.25. The van der Waals surface area contributed by atoms with Crippen LogP contribution >= 0.6 is 23.2 Å². The summed E-state index contributed by atoms with van der Waals surface area (Å²) in [6, 6.07) is 13.0. The molecule has 0 unspecified atom stereocenters. The van der Waals surface area contributed by atoms with Crippen LogP contribution in [0.5, 0.6) is 5.75 Å². The molecule has 0 bridgehead atoms. The van der Waals surface area contributed by atoms with Gasteiger partial charge in [0.25, 0.3) is 0 Å². The smallest absolute Gasteiger partial charge is 0.223 e. The molecule has 0 aliphatic rings. The van der Waals surface area contributed by atoms with Crippen LogP contribution in [0.15, 0.2) is 48.7 Å². The SMILES string of the molecule is CCl.Oc1cc2cccc[n+]2c2cc(Cl)ccc12. The Morgan fingerprint density at radius 2 is 1.83 bits per heavy atom. The van der Waals surface area contributed by atoms with Crippen molar-refractivity contribution in [3.8, 4) is 5.75 Å². The van der Waals surface area contributed by atoms with Crippen LogP contribution in [-0.2, 0) is 0 Å². The highest BCUT2D eigenvalue weighted by molar-refractivity contribution is 6.31. The molecule has 0 fully saturated rings. The zero-order chi connectivity index (χ0) is 13.1. The minimum absolute atomic E-state index is 0.276. The van der Waals surface area contributed by atoms with Gasteiger partial charge in [-0.25, -0.2) is 0 Å². The lowest BCUT2D eigenvalue weighted by Gasteiger charge is -2.00. The molecule has 1 N–H and O–H groups in total. The van der Waals surface area contributed by atoms with Gasteiger partial charge in [0.05, 0.1) is 11.5 Å². The van der Waals surface area contributed by atoms with Gasteiger partial charge < -0.3 is 5.11 Å². The minimum atomic E-state index is 0.276. The van der Waals surface area contributed by atoms with Crippen molar-refractivity contribution in [2.24, 2.45) is 0 Å². The van der Waals surface area contributed by atoms with Crippen molar-refractivity contribution in [2.45, 2.75) is 0 Å². The predicted molar refractivity (Wildman–Crippen MR) is 75.6 cm³/mol. The fraction of sp³-hybridized carbons (Fsp3) is 0.0714. The summed E-state index contributed by atoms with van der Waals surface area (Å²) in [5, 5.41) is 11.4. The maximum Gasteiger partial charge on any atom is 0.223 e. The van der Waals surface area contributed by atoms with E-state index in [1.54, 1.807) is 12.1 Å². The molecule has 0 aliphatic heterocycles. The molecule has 92 valence electrons. The number of alkyl halides is 1. The molecule has 4 heteroatoms. The minimum Gasteiger partial charge on any atom is -0.507 e. The second-order valence-electron chi connectivity index (χ2n) is 3.69. The lowest BCUT2D eigenvalue weighted by molar-refractivity contribution is -0.481. The molecule has 2 nitrogen and oxygen atoms in total. The maximum atomic E-state index is 9.90. The van der Waals surface area contributed by atoms with Crippen LogP contribution in [0.1, 0.15) is 0 Å². The number of halogens is 2. The molecule has 0 aliphatic carbocycles. The van der Waals surface area contributed by atoms with Gasteiger partial charge in [-0.05, 0) is 18.2 Å². The second kappa shape index (κ2) is 5.42. The second-order valence-corrected chi connectivity index (χ2v) is 4.12. The molecule has 2 heterocycles. The number of rotatable bonds is 0. The van der Waals surface area contributed by atoms with Gasteiger partial charge in [-0.15, -0.1) is 11.6 Å².